The van der Waals surface area contributed by atoms with E-state index in [1.54, 1.807) is 7.11 Å². The van der Waals surface area contributed by atoms with Gasteiger partial charge in [0.15, 0.2) is 0 Å². The van der Waals surface area contributed by atoms with Crippen molar-refractivity contribution in [2.24, 2.45) is 0 Å². The van der Waals surface area contributed by atoms with Crippen LogP contribution >= 0.6 is 0 Å². The lowest BCUT2D eigenvalue weighted by Crippen LogP contribution is -2.42. The molecule has 0 aliphatic carbocycles. The third-order valence-corrected chi connectivity index (χ3v) is 5.36. The Hall–Kier alpha value is -2.37. The molecule has 1 saturated heterocycles. The van der Waals surface area contributed by atoms with E-state index in [-0.39, 0.29) is 11.9 Å². The molecule has 3 rings (SSSR count). The van der Waals surface area contributed by atoms with E-state index < -0.39 is 6.10 Å². The molecule has 1 aliphatic rings. The minimum atomic E-state index is -0.416. The van der Waals surface area contributed by atoms with E-state index in [1.807, 2.05) is 66.5 Å². The molecule has 1 N–H and O–H groups in total. The summed E-state index contributed by atoms with van der Waals surface area (Å²) < 4.78 is 5.29. The van der Waals surface area contributed by atoms with Gasteiger partial charge in [-0.15, -0.1) is 0 Å². The molecule has 150 valence electrons. The van der Waals surface area contributed by atoms with Crippen molar-refractivity contribution < 1.29 is 14.6 Å². The molecule has 28 heavy (non-hydrogen) atoms. The van der Waals surface area contributed by atoms with E-state index in [0.717, 1.165) is 29.8 Å². The molecule has 5 heteroatoms. The van der Waals surface area contributed by atoms with Gasteiger partial charge in [-0.2, -0.15) is 0 Å². The van der Waals surface area contributed by atoms with Crippen molar-refractivity contribution in [3.05, 3.63) is 65.7 Å². The number of ether oxygens (including phenoxy) is 1. The van der Waals surface area contributed by atoms with Crippen LogP contribution in [-0.2, 0) is 17.8 Å². The maximum Gasteiger partial charge on any atom is 0.227 e. The number of benzene rings is 2. The van der Waals surface area contributed by atoms with Crippen molar-refractivity contribution in [2.75, 3.05) is 27.2 Å². The van der Waals surface area contributed by atoms with E-state index in [9.17, 15) is 9.90 Å². The van der Waals surface area contributed by atoms with Crippen LogP contribution in [0.5, 0.6) is 5.75 Å². The number of amides is 1. The van der Waals surface area contributed by atoms with Crippen LogP contribution in [0.15, 0.2) is 54.6 Å². The van der Waals surface area contributed by atoms with Gasteiger partial charge in [-0.3, -0.25) is 4.79 Å². The Morgan fingerprint density at radius 1 is 1.18 bits per heavy atom. The van der Waals surface area contributed by atoms with Crippen LogP contribution < -0.4 is 4.74 Å². The molecule has 1 aliphatic heterocycles. The zero-order valence-electron chi connectivity index (χ0n) is 16.8. The van der Waals surface area contributed by atoms with Crippen LogP contribution in [0.2, 0.25) is 0 Å². The van der Waals surface area contributed by atoms with Gasteiger partial charge in [0, 0.05) is 19.1 Å². The quantitative estimate of drug-likeness (QED) is 0.835. The van der Waals surface area contributed by atoms with Crippen LogP contribution in [-0.4, -0.2) is 60.2 Å². The number of methoxy groups -OCH3 is 1. The van der Waals surface area contributed by atoms with E-state index in [0.29, 0.717) is 25.9 Å². The van der Waals surface area contributed by atoms with Crippen molar-refractivity contribution in [2.45, 2.75) is 38.0 Å². The summed E-state index contributed by atoms with van der Waals surface area (Å²) in [5, 5.41) is 10.4. The zero-order valence-corrected chi connectivity index (χ0v) is 16.8. The summed E-state index contributed by atoms with van der Waals surface area (Å²) in [6.45, 7) is 2.09. The van der Waals surface area contributed by atoms with Gasteiger partial charge >= 0.3 is 0 Å². The Bertz CT molecular complexity index is 765. The second kappa shape index (κ2) is 9.71. The van der Waals surface area contributed by atoms with E-state index in [1.165, 1.54) is 0 Å². The number of aliphatic hydroxyl groups is 1. The Morgan fingerprint density at radius 3 is 2.68 bits per heavy atom. The number of carbonyl (C=O) groups excluding carboxylic acids is 1. The summed E-state index contributed by atoms with van der Waals surface area (Å²) in [4.78, 5) is 17.4. The summed E-state index contributed by atoms with van der Waals surface area (Å²) in [6.07, 6.45) is 1.39. The lowest BCUT2D eigenvalue weighted by atomic mass is 10.0. The zero-order chi connectivity index (χ0) is 19.9. The Kier molecular flexibility index (Phi) is 7.06. The maximum atomic E-state index is 13.3. The van der Waals surface area contributed by atoms with Gasteiger partial charge in [-0.25, -0.2) is 0 Å². The number of carbonyl (C=O) groups is 1. The fourth-order valence-corrected chi connectivity index (χ4v) is 3.87. The lowest BCUT2D eigenvalue weighted by Gasteiger charge is -2.32. The van der Waals surface area contributed by atoms with Crippen LogP contribution in [0.3, 0.4) is 0 Å². The molecule has 1 heterocycles. The van der Waals surface area contributed by atoms with Gasteiger partial charge in [-0.1, -0.05) is 42.5 Å². The highest BCUT2D eigenvalue weighted by Gasteiger charge is 2.29. The molecule has 0 bridgehead atoms. The Balaban J connectivity index is 1.81. The lowest BCUT2D eigenvalue weighted by molar-refractivity contribution is -0.134. The summed E-state index contributed by atoms with van der Waals surface area (Å²) in [6, 6.07) is 17.8. The predicted molar refractivity (Wildman–Crippen MR) is 110 cm³/mol. The molecule has 1 fully saturated rings. The van der Waals surface area contributed by atoms with Crippen LogP contribution in [0.4, 0.5) is 0 Å². The summed E-state index contributed by atoms with van der Waals surface area (Å²) in [7, 11) is 3.65. The first-order valence-electron chi connectivity index (χ1n) is 9.88. The monoisotopic (exact) mass is 382 g/mol. The summed E-state index contributed by atoms with van der Waals surface area (Å²) in [5.74, 6) is 0.838. The van der Waals surface area contributed by atoms with Crippen LogP contribution in [0, 0.1) is 0 Å². The SMILES string of the molecule is COc1cccc(CC(=O)N(Cc2ccccc2)[C@H]2CCN(C)C[C@@H](O)C2)c1. The number of likely N-dealkylation sites (tertiary alicyclic amines) is 1. The topological polar surface area (TPSA) is 53.0 Å². The van der Waals surface area contributed by atoms with E-state index >= 15 is 0 Å². The minimum Gasteiger partial charge on any atom is -0.497 e. The van der Waals surface area contributed by atoms with Crippen LogP contribution in [0.1, 0.15) is 24.0 Å². The molecule has 2 atom stereocenters. The number of hydrogen-bond acceptors (Lipinski definition) is 4. The van der Waals surface area contributed by atoms with Crippen molar-refractivity contribution in [1.82, 2.24) is 9.80 Å². The smallest absolute Gasteiger partial charge is 0.227 e. The van der Waals surface area contributed by atoms with Gasteiger partial charge in [-0.05, 0) is 49.7 Å². The number of hydrogen-bond donors (Lipinski definition) is 1. The molecule has 0 aromatic heterocycles. The van der Waals surface area contributed by atoms with E-state index in [4.69, 9.17) is 4.74 Å². The number of nitrogens with zero attached hydrogens (tertiary/aromatic N) is 2. The van der Waals surface area contributed by atoms with Gasteiger partial charge in [0.25, 0.3) is 0 Å². The van der Waals surface area contributed by atoms with Gasteiger partial charge in [0.1, 0.15) is 5.75 Å². The first-order chi connectivity index (χ1) is 13.5. The second-order valence-corrected chi connectivity index (χ2v) is 7.63. The van der Waals surface area contributed by atoms with Gasteiger partial charge in [0.2, 0.25) is 5.91 Å². The first-order valence-corrected chi connectivity index (χ1v) is 9.88. The standard InChI is InChI=1S/C23H30N2O3/c1-24-12-11-20(15-21(26)17-24)25(16-18-7-4-3-5-8-18)23(27)14-19-9-6-10-22(13-19)28-2/h3-10,13,20-21,26H,11-12,14-17H2,1-2H3/t20-,21-/m0/s1. The molecular weight excluding hydrogens is 352 g/mol. The fraction of sp³-hybridized carbons (Fsp3) is 0.435. The largest absolute Gasteiger partial charge is 0.497 e. The Labute approximate surface area is 167 Å². The highest BCUT2D eigenvalue weighted by Crippen LogP contribution is 2.21. The predicted octanol–water partition coefficient (Wildman–Crippen LogP) is 2.72. The highest BCUT2D eigenvalue weighted by molar-refractivity contribution is 5.79. The molecule has 0 spiro atoms. The molecule has 2 aromatic carbocycles. The number of likely N-dealkylation sites (N-methyl/N-ethyl adjacent to an activating group) is 1. The molecule has 0 unspecified atom stereocenters. The fourth-order valence-electron chi connectivity index (χ4n) is 3.87. The number of β-amino-alcohol motifs (C(OH)–C–C–N with tert-alkyl or cyclic N) is 1. The van der Waals surface area contributed by atoms with Crippen molar-refractivity contribution in [3.63, 3.8) is 0 Å². The van der Waals surface area contributed by atoms with Crippen molar-refractivity contribution in [1.29, 1.82) is 0 Å². The Morgan fingerprint density at radius 2 is 1.93 bits per heavy atom. The van der Waals surface area contributed by atoms with Gasteiger partial charge < -0.3 is 19.6 Å². The number of rotatable bonds is 6. The molecule has 2 aromatic rings. The van der Waals surface area contributed by atoms with E-state index in [2.05, 4.69) is 4.90 Å². The molecule has 5 nitrogen and oxygen atoms in total. The second-order valence-electron chi connectivity index (χ2n) is 7.63. The van der Waals surface area contributed by atoms with Gasteiger partial charge in [0.05, 0.1) is 19.6 Å². The molecule has 1 amide bonds. The van der Waals surface area contributed by atoms with Crippen LogP contribution in [0.25, 0.3) is 0 Å². The first kappa shape index (κ1) is 20.4. The average Bonchev–Trinajstić information content (AvgIpc) is 2.87. The molecule has 0 saturated carbocycles. The molecular formula is C23H30N2O3. The third-order valence-electron chi connectivity index (χ3n) is 5.36. The van der Waals surface area contributed by atoms with Crippen molar-refractivity contribution >= 4 is 5.91 Å². The van der Waals surface area contributed by atoms with Crippen molar-refractivity contribution in [3.8, 4) is 5.75 Å². The maximum absolute atomic E-state index is 13.3. The normalized spacial score (nSPS) is 20.4. The number of aliphatic hydroxyl groups excluding tert-OH is 1. The highest BCUT2D eigenvalue weighted by atomic mass is 16.5. The molecule has 0 radical (unpaired) electrons. The minimum absolute atomic E-state index is 0.0262. The third kappa shape index (κ3) is 5.57. The summed E-state index contributed by atoms with van der Waals surface area (Å²) >= 11 is 0. The average molecular weight is 383 g/mol. The summed E-state index contributed by atoms with van der Waals surface area (Å²) in [5.41, 5.74) is 2.04.